The summed E-state index contributed by atoms with van der Waals surface area (Å²) in [5.74, 6) is 6.43. The van der Waals surface area contributed by atoms with Crippen molar-refractivity contribution in [2.45, 2.75) is 78.7 Å². The molecule has 30 heavy (non-hydrogen) atoms. The van der Waals surface area contributed by atoms with Gasteiger partial charge in [0.2, 0.25) is 0 Å². The Labute approximate surface area is 181 Å². The summed E-state index contributed by atoms with van der Waals surface area (Å²) in [5.41, 5.74) is 0.684. The lowest BCUT2D eigenvalue weighted by atomic mass is 9.48. The van der Waals surface area contributed by atoms with Crippen molar-refractivity contribution in [3.8, 4) is 6.07 Å². The van der Waals surface area contributed by atoms with Crippen molar-refractivity contribution < 1.29 is 4.79 Å². The van der Waals surface area contributed by atoms with Crippen LogP contribution in [-0.2, 0) is 11.3 Å². The lowest BCUT2D eigenvalue weighted by Gasteiger charge is -2.56. The predicted molar refractivity (Wildman–Crippen MR) is 116 cm³/mol. The van der Waals surface area contributed by atoms with Gasteiger partial charge in [0.1, 0.15) is 6.07 Å². The van der Waals surface area contributed by atoms with Crippen molar-refractivity contribution in [3.63, 3.8) is 0 Å². The van der Waals surface area contributed by atoms with Crippen molar-refractivity contribution in [1.29, 1.82) is 5.26 Å². The first-order valence-corrected chi connectivity index (χ1v) is 12.4. The SMILES string of the molecule is CC1C[C@H](C(=O)Cn2cc(C#N)cn2)[C@@]2(C)CCC3[C@@H](CC[C@@H]4C[C@@H](C)CC[C@H]34)C12. The fourth-order valence-electron chi connectivity index (χ4n) is 8.91. The van der Waals surface area contributed by atoms with E-state index in [-0.39, 0.29) is 11.3 Å². The largest absolute Gasteiger partial charge is 0.297 e. The highest BCUT2D eigenvalue weighted by Crippen LogP contribution is 2.66. The first kappa shape index (κ1) is 20.3. The normalized spacial score (nSPS) is 45.1. The number of ketones is 1. The molecular weight excluding hydrogens is 370 g/mol. The number of nitrogens with zero attached hydrogens (tertiary/aromatic N) is 3. The molecule has 0 N–H and O–H groups in total. The van der Waals surface area contributed by atoms with Crippen molar-refractivity contribution in [1.82, 2.24) is 9.78 Å². The van der Waals surface area contributed by atoms with Crippen LogP contribution in [0.15, 0.2) is 12.4 Å². The van der Waals surface area contributed by atoms with Crippen LogP contribution in [0.5, 0.6) is 0 Å². The zero-order valence-electron chi connectivity index (χ0n) is 18.9. The molecule has 4 saturated carbocycles. The number of nitriles is 1. The second-order valence-electron chi connectivity index (χ2n) is 11.6. The van der Waals surface area contributed by atoms with Crippen LogP contribution in [0.3, 0.4) is 0 Å². The Hall–Kier alpha value is -1.63. The number of aromatic nitrogens is 2. The highest BCUT2D eigenvalue weighted by atomic mass is 16.1. The van der Waals surface area contributed by atoms with Crippen LogP contribution in [0.25, 0.3) is 0 Å². The molecule has 4 aliphatic rings. The molecule has 0 saturated heterocycles. The smallest absolute Gasteiger partial charge is 0.157 e. The maximum absolute atomic E-state index is 13.4. The fourth-order valence-corrected chi connectivity index (χ4v) is 8.91. The fraction of sp³-hybridized carbons (Fsp3) is 0.808. The van der Waals surface area contributed by atoms with Gasteiger partial charge in [-0.25, -0.2) is 0 Å². The summed E-state index contributed by atoms with van der Waals surface area (Å²) in [6.45, 7) is 7.64. The van der Waals surface area contributed by atoms with Gasteiger partial charge in [-0.05, 0) is 91.8 Å². The molecule has 0 spiro atoms. The first-order chi connectivity index (χ1) is 14.4. The van der Waals surface area contributed by atoms with E-state index in [9.17, 15) is 4.79 Å². The minimum absolute atomic E-state index is 0.150. The molecule has 0 radical (unpaired) electrons. The van der Waals surface area contributed by atoms with Crippen LogP contribution in [0, 0.1) is 64.1 Å². The summed E-state index contributed by atoms with van der Waals surface area (Å²) >= 11 is 0. The first-order valence-electron chi connectivity index (χ1n) is 12.4. The quantitative estimate of drug-likeness (QED) is 0.667. The van der Waals surface area contributed by atoms with E-state index < -0.39 is 0 Å². The number of carbonyl (C=O) groups is 1. The van der Waals surface area contributed by atoms with Gasteiger partial charge in [-0.15, -0.1) is 0 Å². The van der Waals surface area contributed by atoms with E-state index in [1.807, 2.05) is 0 Å². The molecule has 0 aromatic carbocycles. The maximum Gasteiger partial charge on any atom is 0.157 e. The van der Waals surface area contributed by atoms with E-state index in [1.54, 1.807) is 17.1 Å². The zero-order chi connectivity index (χ0) is 21.0. The van der Waals surface area contributed by atoms with Gasteiger partial charge < -0.3 is 0 Å². The molecular formula is C26H37N3O. The van der Waals surface area contributed by atoms with E-state index in [0.29, 0.717) is 29.7 Å². The minimum atomic E-state index is 0.150. The highest BCUT2D eigenvalue weighted by molar-refractivity contribution is 5.82. The van der Waals surface area contributed by atoms with E-state index in [1.165, 1.54) is 44.9 Å². The Morgan fingerprint density at radius 2 is 1.97 bits per heavy atom. The molecule has 4 fully saturated rings. The van der Waals surface area contributed by atoms with Gasteiger partial charge in [0, 0.05) is 12.1 Å². The number of Topliss-reactive ketones (excluding diaryl/α,β-unsaturated/α-hetero) is 1. The maximum atomic E-state index is 13.4. The highest BCUT2D eigenvalue weighted by Gasteiger charge is 2.60. The summed E-state index contributed by atoms with van der Waals surface area (Å²) in [6, 6.07) is 2.11. The van der Waals surface area contributed by atoms with Crippen LogP contribution in [0.4, 0.5) is 0 Å². The second-order valence-corrected chi connectivity index (χ2v) is 11.6. The van der Waals surface area contributed by atoms with E-state index >= 15 is 0 Å². The molecule has 1 aromatic heterocycles. The van der Waals surface area contributed by atoms with Gasteiger partial charge in [0.25, 0.3) is 0 Å². The van der Waals surface area contributed by atoms with E-state index in [4.69, 9.17) is 5.26 Å². The van der Waals surface area contributed by atoms with Gasteiger partial charge in [0.15, 0.2) is 5.78 Å². The molecule has 4 nitrogen and oxygen atoms in total. The minimum Gasteiger partial charge on any atom is -0.297 e. The molecule has 162 valence electrons. The van der Waals surface area contributed by atoms with E-state index in [0.717, 1.165) is 36.0 Å². The Kier molecular flexibility index (Phi) is 5.07. The molecule has 9 atom stereocenters. The standard InChI is InChI=1S/C26H37N3O/c1-16-4-6-20-19(10-16)5-7-22-21(20)8-9-26(3)23(11-17(2)25(22)26)24(30)15-29-14-18(12-27)13-28-29/h13-14,16-17,19-23,25H,4-11,15H2,1-3H3/t16-,17?,19+,20-,21?,22+,23+,25?,26+/m0/s1. The molecule has 3 unspecified atom stereocenters. The van der Waals surface area contributed by atoms with Crippen LogP contribution in [-0.4, -0.2) is 15.6 Å². The lowest BCUT2D eigenvalue weighted by Crippen LogP contribution is -2.50. The molecule has 4 aliphatic carbocycles. The molecule has 1 aromatic rings. The van der Waals surface area contributed by atoms with Crippen LogP contribution in [0.1, 0.15) is 77.7 Å². The average Bonchev–Trinajstić information content (AvgIpc) is 3.29. The number of fused-ring (bicyclic) bond motifs is 5. The summed E-state index contributed by atoms with van der Waals surface area (Å²) in [4.78, 5) is 13.4. The molecule has 4 heteroatoms. The van der Waals surface area contributed by atoms with Gasteiger partial charge >= 0.3 is 0 Å². The third-order valence-corrected chi connectivity index (χ3v) is 10.00. The topological polar surface area (TPSA) is 58.7 Å². The Morgan fingerprint density at radius 1 is 1.17 bits per heavy atom. The summed E-state index contributed by atoms with van der Waals surface area (Å²) in [6.07, 6.45) is 14.0. The third-order valence-electron chi connectivity index (χ3n) is 10.00. The Morgan fingerprint density at radius 3 is 2.73 bits per heavy atom. The molecule has 0 aliphatic heterocycles. The van der Waals surface area contributed by atoms with Crippen LogP contribution >= 0.6 is 0 Å². The monoisotopic (exact) mass is 407 g/mol. The summed E-state index contributed by atoms with van der Waals surface area (Å²) in [5, 5.41) is 13.3. The molecule has 0 amide bonds. The Bertz CT molecular complexity index is 853. The van der Waals surface area contributed by atoms with Crippen molar-refractivity contribution in [2.24, 2.45) is 52.8 Å². The van der Waals surface area contributed by atoms with E-state index in [2.05, 4.69) is 31.9 Å². The number of carbonyl (C=O) groups excluding carboxylic acids is 1. The molecule has 5 rings (SSSR count). The summed E-state index contributed by atoms with van der Waals surface area (Å²) < 4.78 is 1.67. The number of hydrogen-bond donors (Lipinski definition) is 0. The predicted octanol–water partition coefficient (Wildman–Crippen LogP) is 5.47. The van der Waals surface area contributed by atoms with Gasteiger partial charge in [-0.3, -0.25) is 9.48 Å². The molecule has 0 bridgehead atoms. The van der Waals surface area contributed by atoms with Gasteiger partial charge in [-0.1, -0.05) is 27.2 Å². The zero-order valence-corrected chi connectivity index (χ0v) is 18.9. The van der Waals surface area contributed by atoms with Crippen molar-refractivity contribution in [2.75, 3.05) is 0 Å². The van der Waals surface area contributed by atoms with Gasteiger partial charge in [0.05, 0.1) is 18.3 Å². The number of rotatable bonds is 3. The van der Waals surface area contributed by atoms with Crippen LogP contribution < -0.4 is 0 Å². The summed E-state index contributed by atoms with van der Waals surface area (Å²) in [7, 11) is 0. The van der Waals surface area contributed by atoms with Crippen molar-refractivity contribution >= 4 is 5.78 Å². The second kappa shape index (κ2) is 7.50. The van der Waals surface area contributed by atoms with Crippen LogP contribution in [0.2, 0.25) is 0 Å². The number of hydrogen-bond acceptors (Lipinski definition) is 3. The average molecular weight is 408 g/mol. The third kappa shape index (κ3) is 3.15. The van der Waals surface area contributed by atoms with Crippen molar-refractivity contribution in [3.05, 3.63) is 18.0 Å². The Balaban J connectivity index is 1.35. The van der Waals surface area contributed by atoms with Gasteiger partial charge in [-0.2, -0.15) is 10.4 Å². The molecule has 1 heterocycles. The lowest BCUT2D eigenvalue weighted by molar-refractivity contribution is -0.131.